The number of anilines is 1. The number of carbonyl (C=O) groups is 1. The van der Waals surface area contributed by atoms with Crippen molar-refractivity contribution in [3.63, 3.8) is 0 Å². The zero-order chi connectivity index (χ0) is 18.6. The standard InChI is InChI=1S/C20H19ClN4OS/c21-16-7-4-8-17(11-16)22-18(26)13-27-20-24-23-19(15-9-10-15)25(20)12-14-5-2-1-3-6-14/h1-8,11,15H,9-10,12-13H2,(H,22,26). The lowest BCUT2D eigenvalue weighted by Gasteiger charge is -2.10. The average Bonchev–Trinajstić information content (AvgIpc) is 3.43. The molecule has 138 valence electrons. The van der Waals surface area contributed by atoms with Gasteiger partial charge in [0.15, 0.2) is 5.16 Å². The Morgan fingerprint density at radius 2 is 1.96 bits per heavy atom. The maximum absolute atomic E-state index is 12.3. The lowest BCUT2D eigenvalue weighted by molar-refractivity contribution is -0.113. The van der Waals surface area contributed by atoms with E-state index in [2.05, 4.69) is 32.2 Å². The van der Waals surface area contributed by atoms with Crippen LogP contribution in [0.4, 0.5) is 5.69 Å². The first-order valence-corrected chi connectivity index (χ1v) is 10.2. The largest absolute Gasteiger partial charge is 0.325 e. The van der Waals surface area contributed by atoms with Gasteiger partial charge >= 0.3 is 0 Å². The minimum atomic E-state index is -0.0931. The van der Waals surface area contributed by atoms with Gasteiger partial charge in [-0.3, -0.25) is 4.79 Å². The summed E-state index contributed by atoms with van der Waals surface area (Å²) in [6.07, 6.45) is 2.32. The number of amides is 1. The van der Waals surface area contributed by atoms with Crippen molar-refractivity contribution in [2.75, 3.05) is 11.1 Å². The number of rotatable bonds is 7. The third-order valence-corrected chi connectivity index (χ3v) is 5.51. The van der Waals surface area contributed by atoms with Crippen LogP contribution in [0.25, 0.3) is 0 Å². The highest BCUT2D eigenvalue weighted by atomic mass is 35.5. The molecule has 27 heavy (non-hydrogen) atoms. The van der Waals surface area contributed by atoms with Gasteiger partial charge in [-0.05, 0) is 36.6 Å². The molecule has 1 N–H and O–H groups in total. The summed E-state index contributed by atoms with van der Waals surface area (Å²) < 4.78 is 2.14. The lowest BCUT2D eigenvalue weighted by Crippen LogP contribution is -2.15. The molecule has 2 aromatic carbocycles. The third-order valence-electron chi connectivity index (χ3n) is 4.31. The monoisotopic (exact) mass is 398 g/mol. The number of thioether (sulfide) groups is 1. The predicted molar refractivity (Wildman–Crippen MR) is 108 cm³/mol. The van der Waals surface area contributed by atoms with Crippen molar-refractivity contribution in [3.8, 4) is 0 Å². The summed E-state index contributed by atoms with van der Waals surface area (Å²) in [4.78, 5) is 12.3. The molecule has 0 radical (unpaired) electrons. The molecule has 1 saturated carbocycles. The molecule has 1 heterocycles. The van der Waals surface area contributed by atoms with Crippen LogP contribution in [0.1, 0.15) is 30.1 Å². The Balaban J connectivity index is 1.44. The second-order valence-electron chi connectivity index (χ2n) is 6.53. The summed E-state index contributed by atoms with van der Waals surface area (Å²) >= 11 is 7.37. The number of aromatic nitrogens is 3. The van der Waals surface area contributed by atoms with Gasteiger partial charge in [-0.15, -0.1) is 10.2 Å². The van der Waals surface area contributed by atoms with E-state index in [9.17, 15) is 4.79 Å². The highest BCUT2D eigenvalue weighted by Gasteiger charge is 2.30. The van der Waals surface area contributed by atoms with Crippen LogP contribution in [0.2, 0.25) is 5.02 Å². The van der Waals surface area contributed by atoms with Gasteiger partial charge in [0.2, 0.25) is 5.91 Å². The van der Waals surface area contributed by atoms with Crippen molar-refractivity contribution >= 4 is 35.0 Å². The van der Waals surface area contributed by atoms with Crippen LogP contribution in [-0.2, 0) is 11.3 Å². The molecular formula is C20H19ClN4OS. The summed E-state index contributed by atoms with van der Waals surface area (Å²) in [5, 5.41) is 13.0. The third kappa shape index (κ3) is 4.70. The molecule has 1 fully saturated rings. The Bertz CT molecular complexity index is 940. The van der Waals surface area contributed by atoms with Crippen LogP contribution in [0.3, 0.4) is 0 Å². The molecule has 4 rings (SSSR count). The van der Waals surface area contributed by atoms with Gasteiger partial charge in [0, 0.05) is 16.6 Å². The topological polar surface area (TPSA) is 59.8 Å². The molecular weight excluding hydrogens is 380 g/mol. The summed E-state index contributed by atoms with van der Waals surface area (Å²) in [7, 11) is 0. The second kappa shape index (κ2) is 8.15. The Morgan fingerprint density at radius 1 is 1.15 bits per heavy atom. The highest BCUT2D eigenvalue weighted by Crippen LogP contribution is 2.40. The Labute approximate surface area is 167 Å². The number of nitrogens with zero attached hydrogens (tertiary/aromatic N) is 3. The molecule has 0 unspecified atom stereocenters. The van der Waals surface area contributed by atoms with Gasteiger partial charge in [-0.1, -0.05) is 59.8 Å². The van der Waals surface area contributed by atoms with Crippen LogP contribution < -0.4 is 5.32 Å². The molecule has 0 atom stereocenters. The summed E-state index contributed by atoms with van der Waals surface area (Å²) in [5.74, 6) is 1.70. The van der Waals surface area contributed by atoms with E-state index >= 15 is 0 Å². The molecule has 0 bridgehead atoms. The number of halogens is 1. The van der Waals surface area contributed by atoms with Crippen LogP contribution in [0, 0.1) is 0 Å². The van der Waals surface area contributed by atoms with E-state index in [0.717, 1.165) is 30.4 Å². The molecule has 7 heteroatoms. The van der Waals surface area contributed by atoms with Crippen molar-refractivity contribution in [1.82, 2.24) is 14.8 Å². The zero-order valence-electron chi connectivity index (χ0n) is 14.6. The van der Waals surface area contributed by atoms with Gasteiger partial charge in [0.1, 0.15) is 5.82 Å². The highest BCUT2D eigenvalue weighted by molar-refractivity contribution is 7.99. The van der Waals surface area contributed by atoms with E-state index in [1.54, 1.807) is 12.1 Å². The van der Waals surface area contributed by atoms with Crippen LogP contribution in [0.5, 0.6) is 0 Å². The maximum atomic E-state index is 12.3. The van der Waals surface area contributed by atoms with Gasteiger partial charge in [-0.2, -0.15) is 0 Å². The Hall–Kier alpha value is -2.31. The fraction of sp³-hybridized carbons (Fsp3) is 0.250. The van der Waals surface area contributed by atoms with E-state index < -0.39 is 0 Å². The van der Waals surface area contributed by atoms with Gasteiger partial charge in [0.05, 0.1) is 12.3 Å². The van der Waals surface area contributed by atoms with Crippen LogP contribution in [-0.4, -0.2) is 26.4 Å². The first-order valence-electron chi connectivity index (χ1n) is 8.84. The number of hydrogen-bond acceptors (Lipinski definition) is 4. The minimum absolute atomic E-state index is 0.0931. The molecule has 0 spiro atoms. The fourth-order valence-corrected chi connectivity index (χ4v) is 3.79. The number of hydrogen-bond donors (Lipinski definition) is 1. The van der Waals surface area contributed by atoms with E-state index in [1.807, 2.05) is 30.3 Å². The van der Waals surface area contributed by atoms with E-state index in [0.29, 0.717) is 16.6 Å². The van der Waals surface area contributed by atoms with Gasteiger partial charge in [0.25, 0.3) is 0 Å². The fourth-order valence-electron chi connectivity index (χ4n) is 2.86. The molecule has 0 saturated heterocycles. The number of nitrogens with one attached hydrogen (secondary N) is 1. The molecule has 1 amide bonds. The van der Waals surface area contributed by atoms with Crippen LogP contribution in [0.15, 0.2) is 59.8 Å². The molecule has 1 aliphatic carbocycles. The van der Waals surface area contributed by atoms with E-state index in [4.69, 9.17) is 11.6 Å². The summed E-state index contributed by atoms with van der Waals surface area (Å²) in [6.45, 7) is 0.720. The van der Waals surface area contributed by atoms with Crippen molar-refractivity contribution in [2.45, 2.75) is 30.5 Å². The summed E-state index contributed by atoms with van der Waals surface area (Å²) in [6, 6.07) is 17.4. The SMILES string of the molecule is O=C(CSc1nnc(C2CC2)n1Cc1ccccc1)Nc1cccc(Cl)c1. The summed E-state index contributed by atoms with van der Waals surface area (Å²) in [5.41, 5.74) is 1.89. The zero-order valence-corrected chi connectivity index (χ0v) is 16.2. The maximum Gasteiger partial charge on any atom is 0.234 e. The predicted octanol–water partition coefficient (Wildman–Crippen LogP) is 4.59. The van der Waals surface area contributed by atoms with Crippen molar-refractivity contribution < 1.29 is 4.79 Å². The normalized spacial score (nSPS) is 13.5. The second-order valence-corrected chi connectivity index (χ2v) is 7.91. The van der Waals surface area contributed by atoms with Gasteiger partial charge in [-0.25, -0.2) is 0 Å². The Kier molecular flexibility index (Phi) is 5.45. The first-order chi connectivity index (χ1) is 13.2. The quantitative estimate of drug-likeness (QED) is 0.591. The van der Waals surface area contributed by atoms with Gasteiger partial charge < -0.3 is 9.88 Å². The Morgan fingerprint density at radius 3 is 2.70 bits per heavy atom. The first kappa shape index (κ1) is 18.1. The average molecular weight is 399 g/mol. The molecule has 3 aromatic rings. The molecule has 1 aromatic heterocycles. The smallest absolute Gasteiger partial charge is 0.234 e. The van der Waals surface area contributed by atoms with Crippen molar-refractivity contribution in [2.24, 2.45) is 0 Å². The lowest BCUT2D eigenvalue weighted by atomic mass is 10.2. The number of benzene rings is 2. The van der Waals surface area contributed by atoms with Crippen molar-refractivity contribution in [1.29, 1.82) is 0 Å². The molecule has 1 aliphatic rings. The van der Waals surface area contributed by atoms with E-state index in [-0.39, 0.29) is 11.7 Å². The van der Waals surface area contributed by atoms with Crippen LogP contribution >= 0.6 is 23.4 Å². The number of carbonyl (C=O) groups excluding carboxylic acids is 1. The molecule has 0 aliphatic heterocycles. The van der Waals surface area contributed by atoms with E-state index in [1.165, 1.54) is 17.3 Å². The van der Waals surface area contributed by atoms with Crippen molar-refractivity contribution in [3.05, 3.63) is 71.0 Å². The molecule has 5 nitrogen and oxygen atoms in total. The minimum Gasteiger partial charge on any atom is -0.325 e.